The Kier molecular flexibility index (Phi) is 3.12. The Labute approximate surface area is 131 Å². The molecule has 3 aromatic rings. The van der Waals surface area contributed by atoms with Crippen LogP contribution in [-0.2, 0) is 6.42 Å². The molecule has 4 heteroatoms. The van der Waals surface area contributed by atoms with Gasteiger partial charge in [-0.1, -0.05) is 0 Å². The van der Waals surface area contributed by atoms with Crippen molar-refractivity contribution in [3.8, 4) is 0 Å². The Morgan fingerprint density at radius 2 is 1.86 bits per heavy atom. The lowest BCUT2D eigenvalue weighted by Gasteiger charge is -2.12. The van der Waals surface area contributed by atoms with Crippen molar-refractivity contribution in [3.05, 3.63) is 33.7 Å². The predicted molar refractivity (Wildman–Crippen MR) is 87.9 cm³/mol. The zero-order chi connectivity index (χ0) is 14.6. The Balaban J connectivity index is 2.00. The van der Waals surface area contributed by atoms with Gasteiger partial charge in [-0.05, 0) is 67.7 Å². The first-order valence-corrected chi connectivity index (χ1v) is 8.27. The second-order valence-electron chi connectivity index (χ2n) is 5.99. The van der Waals surface area contributed by atoms with E-state index >= 15 is 0 Å². The molecular formula is C17H18BrNO2. The van der Waals surface area contributed by atoms with Crippen molar-refractivity contribution in [2.75, 3.05) is 6.54 Å². The molecule has 0 amide bonds. The van der Waals surface area contributed by atoms with Crippen LogP contribution in [0, 0.1) is 13.8 Å². The number of rotatable bonds is 2. The number of benzene rings is 1. The van der Waals surface area contributed by atoms with E-state index in [1.165, 1.54) is 23.8 Å². The number of nitrogens with one attached hydrogen (secondary N) is 1. The van der Waals surface area contributed by atoms with E-state index in [-0.39, 0.29) is 0 Å². The molecule has 0 spiro atoms. The summed E-state index contributed by atoms with van der Waals surface area (Å²) in [5.41, 5.74) is 3.21. The number of furan rings is 2. The van der Waals surface area contributed by atoms with Crippen LogP contribution in [0.3, 0.4) is 0 Å². The molecule has 1 aliphatic heterocycles. The maximum absolute atomic E-state index is 6.01. The summed E-state index contributed by atoms with van der Waals surface area (Å²) in [6.07, 6.45) is 3.48. The fourth-order valence-electron chi connectivity index (χ4n) is 3.43. The van der Waals surface area contributed by atoms with Crippen molar-refractivity contribution in [1.82, 2.24) is 5.32 Å². The molecule has 0 aliphatic carbocycles. The number of hydrogen-bond donors (Lipinski definition) is 1. The highest BCUT2D eigenvalue weighted by Crippen LogP contribution is 2.40. The Bertz CT molecular complexity index is 767. The maximum Gasteiger partial charge on any atom is 0.149 e. The van der Waals surface area contributed by atoms with Crippen LogP contribution >= 0.6 is 15.9 Å². The normalized spacial score (nSPS) is 19.1. The van der Waals surface area contributed by atoms with Crippen molar-refractivity contribution in [1.29, 1.82) is 0 Å². The number of hydrogen-bond acceptors (Lipinski definition) is 3. The van der Waals surface area contributed by atoms with Gasteiger partial charge in [-0.3, -0.25) is 0 Å². The first-order chi connectivity index (χ1) is 10.1. The summed E-state index contributed by atoms with van der Waals surface area (Å²) < 4.78 is 12.9. The first-order valence-electron chi connectivity index (χ1n) is 7.47. The van der Waals surface area contributed by atoms with Crippen LogP contribution < -0.4 is 5.32 Å². The average molecular weight is 348 g/mol. The van der Waals surface area contributed by atoms with Crippen LogP contribution in [0.4, 0.5) is 0 Å². The molecule has 1 fully saturated rings. The summed E-state index contributed by atoms with van der Waals surface area (Å²) in [7, 11) is 0. The van der Waals surface area contributed by atoms with E-state index in [9.17, 15) is 0 Å². The van der Waals surface area contributed by atoms with E-state index in [4.69, 9.17) is 8.83 Å². The SMILES string of the molecule is Cc1cc2c(CC3CCCN3)c3oc(C)cc3c(Br)c2o1. The molecule has 1 unspecified atom stereocenters. The minimum atomic E-state index is 0.540. The fourth-order valence-corrected chi connectivity index (χ4v) is 4.02. The Hall–Kier alpha value is -1.26. The highest BCUT2D eigenvalue weighted by atomic mass is 79.9. The van der Waals surface area contributed by atoms with Gasteiger partial charge in [-0.15, -0.1) is 0 Å². The first kappa shape index (κ1) is 13.4. The van der Waals surface area contributed by atoms with Gasteiger partial charge < -0.3 is 14.2 Å². The zero-order valence-corrected chi connectivity index (χ0v) is 13.8. The molecule has 110 valence electrons. The minimum absolute atomic E-state index is 0.540. The van der Waals surface area contributed by atoms with Gasteiger partial charge in [-0.25, -0.2) is 0 Å². The second kappa shape index (κ2) is 4.89. The third kappa shape index (κ3) is 2.12. The van der Waals surface area contributed by atoms with E-state index in [1.54, 1.807) is 0 Å². The summed E-state index contributed by atoms with van der Waals surface area (Å²) in [6.45, 7) is 5.11. The molecular weight excluding hydrogens is 330 g/mol. The van der Waals surface area contributed by atoms with Crippen LogP contribution in [0.25, 0.3) is 21.9 Å². The molecule has 0 saturated carbocycles. The van der Waals surface area contributed by atoms with E-state index in [0.29, 0.717) is 6.04 Å². The number of aryl methyl sites for hydroxylation is 2. The largest absolute Gasteiger partial charge is 0.461 e. The van der Waals surface area contributed by atoms with Crippen molar-refractivity contribution in [2.45, 2.75) is 39.2 Å². The number of halogens is 1. The van der Waals surface area contributed by atoms with Crippen LogP contribution in [-0.4, -0.2) is 12.6 Å². The monoisotopic (exact) mass is 347 g/mol. The highest BCUT2D eigenvalue weighted by Gasteiger charge is 2.23. The molecule has 4 rings (SSSR count). The smallest absolute Gasteiger partial charge is 0.149 e. The molecule has 1 N–H and O–H groups in total. The maximum atomic E-state index is 6.01. The number of fused-ring (bicyclic) bond motifs is 2. The standard InChI is InChI=1S/C17H18BrNO2/c1-9-6-12-13(8-11-4-3-5-19-11)16-14(7-10(2)20-16)15(18)17(12)21-9/h6-7,11,19H,3-5,8H2,1-2H3. The molecule has 1 aliphatic rings. The van der Waals surface area contributed by atoms with Crippen molar-refractivity contribution in [2.24, 2.45) is 0 Å². The lowest BCUT2D eigenvalue weighted by atomic mass is 9.99. The van der Waals surface area contributed by atoms with Crippen molar-refractivity contribution >= 4 is 37.9 Å². The third-order valence-electron chi connectivity index (χ3n) is 4.36. The molecule has 3 nitrogen and oxygen atoms in total. The lowest BCUT2D eigenvalue weighted by molar-refractivity contribution is 0.561. The summed E-state index contributed by atoms with van der Waals surface area (Å²) in [5, 5.41) is 5.87. The summed E-state index contributed by atoms with van der Waals surface area (Å²) in [6, 6.07) is 4.75. The molecule has 1 saturated heterocycles. The van der Waals surface area contributed by atoms with Gasteiger partial charge in [0, 0.05) is 22.4 Å². The summed E-state index contributed by atoms with van der Waals surface area (Å²) in [5.74, 6) is 1.88. The Morgan fingerprint density at radius 1 is 1.14 bits per heavy atom. The van der Waals surface area contributed by atoms with Crippen LogP contribution in [0.5, 0.6) is 0 Å². The topological polar surface area (TPSA) is 38.3 Å². The van der Waals surface area contributed by atoms with Gasteiger partial charge in [0.1, 0.15) is 22.7 Å². The quantitative estimate of drug-likeness (QED) is 0.719. The van der Waals surface area contributed by atoms with Crippen molar-refractivity contribution in [3.63, 3.8) is 0 Å². The van der Waals surface area contributed by atoms with Gasteiger partial charge in [0.15, 0.2) is 0 Å². The molecule has 1 atom stereocenters. The van der Waals surface area contributed by atoms with E-state index in [1.807, 2.05) is 13.8 Å². The summed E-state index contributed by atoms with van der Waals surface area (Å²) in [4.78, 5) is 0. The molecule has 1 aromatic carbocycles. The molecule has 0 bridgehead atoms. The average Bonchev–Trinajstić information content (AvgIpc) is 3.13. The van der Waals surface area contributed by atoms with Gasteiger partial charge in [-0.2, -0.15) is 0 Å². The van der Waals surface area contributed by atoms with Crippen LogP contribution in [0.2, 0.25) is 0 Å². The Morgan fingerprint density at radius 3 is 2.57 bits per heavy atom. The highest BCUT2D eigenvalue weighted by molar-refractivity contribution is 9.10. The van der Waals surface area contributed by atoms with E-state index in [0.717, 1.165) is 45.5 Å². The minimum Gasteiger partial charge on any atom is -0.461 e. The van der Waals surface area contributed by atoms with Gasteiger partial charge in [0.25, 0.3) is 0 Å². The van der Waals surface area contributed by atoms with E-state index in [2.05, 4.69) is 33.4 Å². The second-order valence-corrected chi connectivity index (χ2v) is 6.78. The summed E-state index contributed by atoms with van der Waals surface area (Å²) >= 11 is 3.69. The molecule has 0 radical (unpaired) electrons. The molecule has 21 heavy (non-hydrogen) atoms. The van der Waals surface area contributed by atoms with Crippen molar-refractivity contribution < 1.29 is 8.83 Å². The lowest BCUT2D eigenvalue weighted by Crippen LogP contribution is -2.23. The van der Waals surface area contributed by atoms with Crippen LogP contribution in [0.15, 0.2) is 25.4 Å². The fraction of sp³-hybridized carbons (Fsp3) is 0.412. The van der Waals surface area contributed by atoms with Gasteiger partial charge >= 0.3 is 0 Å². The molecule has 2 aromatic heterocycles. The third-order valence-corrected chi connectivity index (χ3v) is 5.15. The van der Waals surface area contributed by atoms with Crippen LogP contribution in [0.1, 0.15) is 29.9 Å². The predicted octanol–water partition coefficient (Wildman–Crippen LogP) is 4.85. The molecule has 3 heterocycles. The zero-order valence-electron chi connectivity index (χ0n) is 12.3. The van der Waals surface area contributed by atoms with Gasteiger partial charge in [0.2, 0.25) is 0 Å². The van der Waals surface area contributed by atoms with E-state index < -0.39 is 0 Å². The van der Waals surface area contributed by atoms with Gasteiger partial charge in [0.05, 0.1) is 4.47 Å².